The maximum Gasteiger partial charge on any atom is 0.164 e. The zero-order valence-corrected chi connectivity index (χ0v) is 9.12. The Morgan fingerprint density at radius 3 is 2.80 bits per heavy atom. The highest BCUT2D eigenvalue weighted by Gasteiger charge is 2.46. The molecule has 1 aromatic rings. The van der Waals surface area contributed by atoms with Crippen molar-refractivity contribution < 1.29 is 9.53 Å². The van der Waals surface area contributed by atoms with Crippen molar-refractivity contribution in [2.75, 3.05) is 0 Å². The molecule has 3 nitrogen and oxygen atoms in total. The number of pyridine rings is 1. The van der Waals surface area contributed by atoms with Crippen LogP contribution in [-0.2, 0) is 11.2 Å². The standard InChI is InChI=1S/C12H15NO2/c1-3-10-11(5-4-9(2)13-10)15-12(8-14)6-7-12/h4-5,8H,3,6-7H2,1-2H3. The van der Waals surface area contributed by atoms with Crippen molar-refractivity contribution >= 4 is 6.29 Å². The first kappa shape index (κ1) is 10.1. The predicted octanol–water partition coefficient (Wildman–Crippen LogP) is 2.06. The van der Waals surface area contributed by atoms with Crippen molar-refractivity contribution in [1.29, 1.82) is 0 Å². The molecular weight excluding hydrogens is 190 g/mol. The first-order chi connectivity index (χ1) is 7.19. The number of aldehydes is 1. The zero-order chi connectivity index (χ0) is 10.9. The van der Waals surface area contributed by atoms with E-state index in [2.05, 4.69) is 4.98 Å². The molecule has 1 heterocycles. The van der Waals surface area contributed by atoms with Gasteiger partial charge in [-0.15, -0.1) is 0 Å². The predicted molar refractivity (Wildman–Crippen MR) is 57.0 cm³/mol. The van der Waals surface area contributed by atoms with Gasteiger partial charge in [0.25, 0.3) is 0 Å². The van der Waals surface area contributed by atoms with Gasteiger partial charge in [0.15, 0.2) is 11.9 Å². The summed E-state index contributed by atoms with van der Waals surface area (Å²) < 4.78 is 5.71. The highest BCUT2D eigenvalue weighted by molar-refractivity contribution is 5.67. The lowest BCUT2D eigenvalue weighted by molar-refractivity contribution is -0.115. The number of aryl methyl sites for hydroxylation is 2. The Morgan fingerprint density at radius 1 is 1.53 bits per heavy atom. The number of nitrogens with zero attached hydrogens (tertiary/aromatic N) is 1. The van der Waals surface area contributed by atoms with Crippen LogP contribution in [0, 0.1) is 6.92 Å². The molecule has 0 bridgehead atoms. The molecule has 0 amide bonds. The summed E-state index contributed by atoms with van der Waals surface area (Å²) in [6.07, 6.45) is 3.39. The number of ether oxygens (including phenoxy) is 1. The highest BCUT2D eigenvalue weighted by Crippen LogP contribution is 2.39. The maximum absolute atomic E-state index is 10.8. The monoisotopic (exact) mass is 205 g/mol. The van der Waals surface area contributed by atoms with Gasteiger partial charge in [0, 0.05) is 5.69 Å². The molecule has 1 aliphatic carbocycles. The summed E-state index contributed by atoms with van der Waals surface area (Å²) in [5, 5.41) is 0. The van der Waals surface area contributed by atoms with E-state index < -0.39 is 5.60 Å². The van der Waals surface area contributed by atoms with Gasteiger partial charge in [0.05, 0.1) is 5.69 Å². The van der Waals surface area contributed by atoms with Gasteiger partial charge in [-0.3, -0.25) is 9.78 Å². The second-order valence-corrected chi connectivity index (χ2v) is 4.04. The van der Waals surface area contributed by atoms with E-state index in [0.29, 0.717) is 0 Å². The van der Waals surface area contributed by atoms with Gasteiger partial charge in [-0.2, -0.15) is 0 Å². The van der Waals surface area contributed by atoms with Crippen LogP contribution in [0.3, 0.4) is 0 Å². The first-order valence-corrected chi connectivity index (χ1v) is 5.31. The third kappa shape index (κ3) is 2.01. The average Bonchev–Trinajstić information content (AvgIpc) is 3.01. The van der Waals surface area contributed by atoms with E-state index in [0.717, 1.165) is 42.7 Å². The molecule has 15 heavy (non-hydrogen) atoms. The molecule has 1 saturated carbocycles. The fourth-order valence-corrected chi connectivity index (χ4v) is 1.53. The van der Waals surface area contributed by atoms with E-state index in [4.69, 9.17) is 4.74 Å². The molecule has 0 aromatic carbocycles. The number of hydrogen-bond donors (Lipinski definition) is 0. The molecule has 3 heteroatoms. The van der Waals surface area contributed by atoms with Crippen LogP contribution in [0.4, 0.5) is 0 Å². The van der Waals surface area contributed by atoms with Gasteiger partial charge >= 0.3 is 0 Å². The molecule has 0 radical (unpaired) electrons. The van der Waals surface area contributed by atoms with Crippen LogP contribution in [0.5, 0.6) is 5.75 Å². The molecule has 80 valence electrons. The molecule has 1 aromatic heterocycles. The van der Waals surface area contributed by atoms with Gasteiger partial charge in [-0.1, -0.05) is 6.92 Å². The van der Waals surface area contributed by atoms with Crippen molar-refractivity contribution in [2.24, 2.45) is 0 Å². The minimum absolute atomic E-state index is 0.541. The van der Waals surface area contributed by atoms with E-state index in [1.54, 1.807) is 0 Å². The fourth-order valence-electron chi connectivity index (χ4n) is 1.53. The second kappa shape index (κ2) is 3.65. The molecule has 0 spiro atoms. The Labute approximate surface area is 89.5 Å². The van der Waals surface area contributed by atoms with E-state index in [-0.39, 0.29) is 0 Å². The van der Waals surface area contributed by atoms with E-state index in [1.807, 2.05) is 26.0 Å². The molecule has 0 aliphatic heterocycles. The van der Waals surface area contributed by atoms with Gasteiger partial charge in [-0.25, -0.2) is 0 Å². The van der Waals surface area contributed by atoms with E-state index in [9.17, 15) is 4.79 Å². The van der Waals surface area contributed by atoms with Gasteiger partial charge in [0.2, 0.25) is 0 Å². The average molecular weight is 205 g/mol. The fraction of sp³-hybridized carbons (Fsp3) is 0.500. The normalized spacial score (nSPS) is 17.2. The second-order valence-electron chi connectivity index (χ2n) is 4.04. The summed E-state index contributed by atoms with van der Waals surface area (Å²) in [6.45, 7) is 3.99. The number of hydrogen-bond acceptors (Lipinski definition) is 3. The number of carbonyl (C=O) groups is 1. The minimum Gasteiger partial charge on any atom is -0.478 e. The lowest BCUT2D eigenvalue weighted by Gasteiger charge is -2.14. The summed E-state index contributed by atoms with van der Waals surface area (Å²) in [7, 11) is 0. The van der Waals surface area contributed by atoms with Crippen LogP contribution in [-0.4, -0.2) is 16.9 Å². The van der Waals surface area contributed by atoms with Crippen molar-refractivity contribution in [3.63, 3.8) is 0 Å². The van der Waals surface area contributed by atoms with Crippen LogP contribution >= 0.6 is 0 Å². The summed E-state index contributed by atoms with van der Waals surface area (Å²) >= 11 is 0. The van der Waals surface area contributed by atoms with E-state index >= 15 is 0 Å². The number of rotatable bonds is 4. The molecule has 1 aliphatic rings. The van der Waals surface area contributed by atoms with Crippen LogP contribution in [0.15, 0.2) is 12.1 Å². The lowest BCUT2D eigenvalue weighted by atomic mass is 10.2. The Bertz CT molecular complexity index is 383. The van der Waals surface area contributed by atoms with Crippen LogP contribution in [0.25, 0.3) is 0 Å². The Balaban J connectivity index is 2.24. The first-order valence-electron chi connectivity index (χ1n) is 5.31. The summed E-state index contributed by atoms with van der Waals surface area (Å²) in [5.74, 6) is 0.757. The summed E-state index contributed by atoms with van der Waals surface area (Å²) in [6, 6.07) is 3.82. The quantitative estimate of drug-likeness (QED) is 0.706. The third-order valence-electron chi connectivity index (χ3n) is 2.68. The molecule has 0 atom stereocenters. The number of aromatic nitrogens is 1. The SMILES string of the molecule is CCc1nc(C)ccc1OC1(C=O)CC1. The molecule has 0 N–H and O–H groups in total. The Hall–Kier alpha value is -1.38. The van der Waals surface area contributed by atoms with Crippen LogP contribution in [0.2, 0.25) is 0 Å². The van der Waals surface area contributed by atoms with Gasteiger partial charge in [0.1, 0.15) is 5.75 Å². The lowest BCUT2D eigenvalue weighted by Crippen LogP contribution is -2.20. The molecule has 2 rings (SSSR count). The molecule has 1 fully saturated rings. The maximum atomic E-state index is 10.8. The van der Waals surface area contributed by atoms with Crippen molar-refractivity contribution in [3.05, 3.63) is 23.5 Å². The Kier molecular flexibility index (Phi) is 2.47. The zero-order valence-electron chi connectivity index (χ0n) is 9.12. The van der Waals surface area contributed by atoms with E-state index in [1.165, 1.54) is 0 Å². The van der Waals surface area contributed by atoms with Crippen molar-refractivity contribution in [2.45, 2.75) is 38.7 Å². The molecule has 0 saturated heterocycles. The van der Waals surface area contributed by atoms with Gasteiger partial charge < -0.3 is 4.74 Å². The molecular formula is C12H15NO2. The van der Waals surface area contributed by atoms with Crippen LogP contribution in [0.1, 0.15) is 31.2 Å². The summed E-state index contributed by atoms with van der Waals surface area (Å²) in [5.41, 5.74) is 1.37. The van der Waals surface area contributed by atoms with Crippen molar-refractivity contribution in [3.8, 4) is 5.75 Å². The number of carbonyl (C=O) groups excluding carboxylic acids is 1. The molecule has 0 unspecified atom stereocenters. The smallest absolute Gasteiger partial charge is 0.164 e. The summed E-state index contributed by atoms with van der Waals surface area (Å²) in [4.78, 5) is 15.2. The topological polar surface area (TPSA) is 39.2 Å². The van der Waals surface area contributed by atoms with Crippen molar-refractivity contribution in [1.82, 2.24) is 4.98 Å². The van der Waals surface area contributed by atoms with Gasteiger partial charge in [-0.05, 0) is 38.3 Å². The Morgan fingerprint density at radius 2 is 2.27 bits per heavy atom. The largest absolute Gasteiger partial charge is 0.478 e. The van der Waals surface area contributed by atoms with Crippen LogP contribution < -0.4 is 4.74 Å². The highest BCUT2D eigenvalue weighted by atomic mass is 16.5. The minimum atomic E-state index is -0.541. The third-order valence-corrected chi connectivity index (χ3v) is 2.68.